The molecule has 19 heavy (non-hydrogen) atoms. The highest BCUT2D eigenvalue weighted by Gasteiger charge is 2.36. The van der Waals surface area contributed by atoms with Gasteiger partial charge in [0.25, 0.3) is 0 Å². The molecule has 0 aromatic heterocycles. The first kappa shape index (κ1) is 14.6. The summed E-state index contributed by atoms with van der Waals surface area (Å²) in [6, 6.07) is 1.02. The summed E-state index contributed by atoms with van der Waals surface area (Å²) in [4.78, 5) is 13.8. The van der Waals surface area contributed by atoms with Crippen LogP contribution in [0.2, 0.25) is 0 Å². The second-order valence-electron chi connectivity index (χ2n) is 6.54. The lowest BCUT2D eigenvalue weighted by Gasteiger charge is -2.38. The molecule has 0 spiro atoms. The zero-order valence-corrected chi connectivity index (χ0v) is 12.4. The molecule has 5 nitrogen and oxygen atoms in total. The van der Waals surface area contributed by atoms with Crippen LogP contribution in [0.5, 0.6) is 0 Å². The molecule has 2 unspecified atom stereocenters. The summed E-state index contributed by atoms with van der Waals surface area (Å²) >= 11 is 0. The van der Waals surface area contributed by atoms with Crippen LogP contribution in [0.4, 0.5) is 4.79 Å². The van der Waals surface area contributed by atoms with Gasteiger partial charge in [0.2, 0.25) is 0 Å². The van der Waals surface area contributed by atoms with Crippen LogP contribution in [0.25, 0.3) is 0 Å². The minimum absolute atomic E-state index is 0.0573. The fourth-order valence-electron chi connectivity index (χ4n) is 2.39. The van der Waals surface area contributed by atoms with Gasteiger partial charge >= 0.3 is 6.09 Å². The van der Waals surface area contributed by atoms with Crippen molar-refractivity contribution in [3.8, 4) is 0 Å². The Bertz CT molecular complexity index is 323. The molecule has 5 heteroatoms. The van der Waals surface area contributed by atoms with E-state index in [-0.39, 0.29) is 12.2 Å². The van der Waals surface area contributed by atoms with Crippen LogP contribution in [-0.2, 0) is 9.47 Å². The van der Waals surface area contributed by atoms with Crippen molar-refractivity contribution in [1.29, 1.82) is 0 Å². The highest BCUT2D eigenvalue weighted by atomic mass is 16.6. The maximum Gasteiger partial charge on any atom is 0.410 e. The molecule has 1 aliphatic heterocycles. The number of rotatable bonds is 3. The third-order valence-electron chi connectivity index (χ3n) is 3.54. The monoisotopic (exact) mass is 270 g/mol. The van der Waals surface area contributed by atoms with E-state index < -0.39 is 5.60 Å². The maximum atomic E-state index is 12.0. The first-order valence-electron chi connectivity index (χ1n) is 7.16. The van der Waals surface area contributed by atoms with Gasteiger partial charge in [0, 0.05) is 25.7 Å². The quantitative estimate of drug-likeness (QED) is 0.849. The number of piperidine rings is 1. The van der Waals surface area contributed by atoms with Gasteiger partial charge in [-0.1, -0.05) is 0 Å². The molecule has 2 atom stereocenters. The summed E-state index contributed by atoms with van der Waals surface area (Å²) in [7, 11) is 1.71. The van der Waals surface area contributed by atoms with E-state index in [2.05, 4.69) is 5.32 Å². The number of likely N-dealkylation sites (tertiary alicyclic amines) is 1. The molecule has 0 radical (unpaired) electrons. The van der Waals surface area contributed by atoms with E-state index >= 15 is 0 Å². The first-order valence-corrected chi connectivity index (χ1v) is 7.16. The van der Waals surface area contributed by atoms with Gasteiger partial charge in [0.1, 0.15) is 5.60 Å². The summed E-state index contributed by atoms with van der Waals surface area (Å²) in [5.41, 5.74) is -0.442. The zero-order chi connectivity index (χ0) is 14.0. The van der Waals surface area contributed by atoms with Crippen molar-refractivity contribution < 1.29 is 14.3 Å². The highest BCUT2D eigenvalue weighted by Crippen LogP contribution is 2.24. The Labute approximate surface area is 115 Å². The van der Waals surface area contributed by atoms with E-state index in [1.165, 1.54) is 12.8 Å². The fourth-order valence-corrected chi connectivity index (χ4v) is 2.39. The van der Waals surface area contributed by atoms with Gasteiger partial charge in [-0.15, -0.1) is 0 Å². The summed E-state index contributed by atoms with van der Waals surface area (Å²) in [5.74, 6) is 0. The third-order valence-corrected chi connectivity index (χ3v) is 3.54. The molecular weight excluding hydrogens is 244 g/mol. The number of hydrogen-bond acceptors (Lipinski definition) is 4. The van der Waals surface area contributed by atoms with Crippen molar-refractivity contribution in [2.75, 3.05) is 20.2 Å². The van der Waals surface area contributed by atoms with Crippen LogP contribution in [0.1, 0.15) is 40.0 Å². The summed E-state index contributed by atoms with van der Waals surface area (Å²) in [6.45, 7) is 7.01. The Balaban J connectivity index is 1.86. The largest absolute Gasteiger partial charge is 0.444 e. The highest BCUT2D eigenvalue weighted by molar-refractivity contribution is 5.68. The van der Waals surface area contributed by atoms with Gasteiger partial charge in [0.15, 0.2) is 0 Å². The summed E-state index contributed by atoms with van der Waals surface area (Å²) in [5, 5.41) is 3.60. The van der Waals surface area contributed by atoms with Crippen molar-refractivity contribution in [2.45, 2.75) is 63.8 Å². The molecule has 1 aliphatic carbocycles. The maximum absolute atomic E-state index is 12.0. The normalized spacial score (nSPS) is 28.3. The lowest BCUT2D eigenvalue weighted by molar-refractivity contribution is -0.0184. The van der Waals surface area contributed by atoms with Gasteiger partial charge in [-0.3, -0.25) is 0 Å². The van der Waals surface area contributed by atoms with E-state index in [1.807, 2.05) is 20.8 Å². The van der Waals surface area contributed by atoms with Gasteiger partial charge < -0.3 is 19.7 Å². The summed E-state index contributed by atoms with van der Waals surface area (Å²) in [6.07, 6.45) is 3.28. The Morgan fingerprint density at radius 1 is 1.26 bits per heavy atom. The Kier molecular flexibility index (Phi) is 4.36. The molecule has 110 valence electrons. The van der Waals surface area contributed by atoms with Crippen molar-refractivity contribution in [3.63, 3.8) is 0 Å². The molecule has 0 bridgehead atoms. The molecule has 0 aromatic rings. The lowest BCUT2D eigenvalue weighted by Crippen LogP contribution is -2.55. The molecule has 0 aromatic carbocycles. The topological polar surface area (TPSA) is 50.8 Å². The van der Waals surface area contributed by atoms with Crippen LogP contribution in [0.3, 0.4) is 0 Å². The number of amides is 1. The standard InChI is InChI=1S/C14H26N2O3/c1-14(2,3)19-13(17)16-8-7-11(12(9-16)18-4)15-10-5-6-10/h10-12,15H,5-9H2,1-4H3. The molecular formula is C14H26N2O3. The van der Waals surface area contributed by atoms with E-state index in [9.17, 15) is 4.79 Å². The molecule has 1 saturated heterocycles. The predicted molar refractivity (Wildman–Crippen MR) is 73.2 cm³/mol. The van der Waals surface area contributed by atoms with Crippen molar-refractivity contribution in [1.82, 2.24) is 10.2 Å². The Morgan fingerprint density at radius 3 is 2.47 bits per heavy atom. The van der Waals surface area contributed by atoms with Crippen molar-refractivity contribution in [3.05, 3.63) is 0 Å². The van der Waals surface area contributed by atoms with Crippen LogP contribution in [-0.4, -0.2) is 55.0 Å². The van der Waals surface area contributed by atoms with Gasteiger partial charge in [-0.25, -0.2) is 4.79 Å². The van der Waals surface area contributed by atoms with E-state index in [0.717, 1.165) is 13.0 Å². The number of nitrogens with one attached hydrogen (secondary N) is 1. The average Bonchev–Trinajstić information content (AvgIpc) is 3.11. The number of carbonyl (C=O) groups is 1. The van der Waals surface area contributed by atoms with Crippen LogP contribution in [0, 0.1) is 0 Å². The van der Waals surface area contributed by atoms with Crippen LogP contribution >= 0.6 is 0 Å². The third kappa shape index (κ3) is 4.35. The second kappa shape index (κ2) is 5.67. The molecule has 1 saturated carbocycles. The molecule has 1 N–H and O–H groups in total. The molecule has 2 fully saturated rings. The van der Waals surface area contributed by atoms with Gasteiger partial charge in [-0.2, -0.15) is 0 Å². The van der Waals surface area contributed by atoms with Gasteiger partial charge in [-0.05, 0) is 40.0 Å². The SMILES string of the molecule is COC1CN(C(=O)OC(C)(C)C)CCC1NC1CC1. The first-order chi connectivity index (χ1) is 8.89. The smallest absolute Gasteiger partial charge is 0.410 e. The van der Waals surface area contributed by atoms with Crippen LogP contribution < -0.4 is 5.32 Å². The zero-order valence-electron chi connectivity index (χ0n) is 12.4. The molecule has 1 heterocycles. The minimum Gasteiger partial charge on any atom is -0.444 e. The van der Waals surface area contributed by atoms with E-state index in [1.54, 1.807) is 12.0 Å². The minimum atomic E-state index is -0.442. The van der Waals surface area contributed by atoms with E-state index in [0.29, 0.717) is 18.6 Å². The molecule has 2 rings (SSSR count). The summed E-state index contributed by atoms with van der Waals surface area (Å²) < 4.78 is 10.9. The number of hydrogen-bond donors (Lipinski definition) is 1. The van der Waals surface area contributed by atoms with Gasteiger partial charge in [0.05, 0.1) is 12.6 Å². The van der Waals surface area contributed by atoms with Crippen molar-refractivity contribution in [2.24, 2.45) is 0 Å². The Morgan fingerprint density at radius 2 is 1.95 bits per heavy atom. The number of carbonyl (C=O) groups excluding carboxylic acids is 1. The molecule has 2 aliphatic rings. The lowest BCUT2D eigenvalue weighted by atomic mass is 10.0. The fraction of sp³-hybridized carbons (Fsp3) is 0.929. The average molecular weight is 270 g/mol. The Hall–Kier alpha value is -0.810. The predicted octanol–water partition coefficient (Wildman–Crippen LogP) is 1.76. The second-order valence-corrected chi connectivity index (χ2v) is 6.54. The number of methoxy groups -OCH3 is 1. The van der Waals surface area contributed by atoms with E-state index in [4.69, 9.17) is 9.47 Å². The number of nitrogens with zero attached hydrogens (tertiary/aromatic N) is 1. The number of ether oxygens (including phenoxy) is 2. The van der Waals surface area contributed by atoms with Crippen LogP contribution in [0.15, 0.2) is 0 Å². The van der Waals surface area contributed by atoms with Crippen molar-refractivity contribution >= 4 is 6.09 Å². The molecule has 1 amide bonds.